The molecular formula is C14H18N4O. The third kappa shape index (κ3) is 2.66. The van der Waals surface area contributed by atoms with Crippen LogP contribution in [0.1, 0.15) is 16.2 Å². The molecule has 0 unspecified atom stereocenters. The molecule has 0 saturated carbocycles. The van der Waals surface area contributed by atoms with Crippen molar-refractivity contribution >= 4 is 5.91 Å². The molecule has 0 spiro atoms. The van der Waals surface area contributed by atoms with E-state index in [2.05, 4.69) is 4.98 Å². The van der Waals surface area contributed by atoms with Crippen LogP contribution >= 0.6 is 0 Å². The van der Waals surface area contributed by atoms with Crippen molar-refractivity contribution in [2.45, 2.75) is 6.54 Å². The Morgan fingerprint density at radius 2 is 1.95 bits per heavy atom. The molecule has 2 aromatic rings. The predicted molar refractivity (Wildman–Crippen MR) is 74.6 cm³/mol. The molecule has 2 rings (SSSR count). The minimum Gasteiger partial charge on any atom is -0.364 e. The summed E-state index contributed by atoms with van der Waals surface area (Å²) in [6.45, 7) is 0.620. The Bertz CT molecular complexity index is 587. The van der Waals surface area contributed by atoms with Crippen LogP contribution in [0.2, 0.25) is 0 Å². The second-order valence-corrected chi connectivity index (χ2v) is 4.76. The molecule has 0 saturated heterocycles. The molecule has 2 N–H and O–H groups in total. The zero-order valence-corrected chi connectivity index (χ0v) is 11.4. The van der Waals surface area contributed by atoms with E-state index in [1.54, 1.807) is 0 Å². The molecule has 0 aliphatic carbocycles. The number of imidazole rings is 1. The zero-order valence-electron chi connectivity index (χ0n) is 11.4. The lowest BCUT2D eigenvalue weighted by Crippen LogP contribution is -2.19. The third-order valence-electron chi connectivity index (χ3n) is 2.95. The number of benzene rings is 1. The van der Waals surface area contributed by atoms with Gasteiger partial charge >= 0.3 is 0 Å². The highest BCUT2D eigenvalue weighted by Gasteiger charge is 2.19. The fraction of sp³-hybridized carbons (Fsp3) is 0.286. The van der Waals surface area contributed by atoms with E-state index in [0.29, 0.717) is 12.2 Å². The van der Waals surface area contributed by atoms with Crippen LogP contribution in [0.5, 0.6) is 0 Å². The summed E-state index contributed by atoms with van der Waals surface area (Å²) in [5.41, 5.74) is 7.56. The zero-order chi connectivity index (χ0) is 14.0. The van der Waals surface area contributed by atoms with Gasteiger partial charge in [0.2, 0.25) is 0 Å². The number of aromatic nitrogens is 2. The topological polar surface area (TPSA) is 64.2 Å². The Balaban J connectivity index is 2.55. The van der Waals surface area contributed by atoms with Gasteiger partial charge in [-0.25, -0.2) is 4.98 Å². The molecule has 1 aromatic heterocycles. The summed E-state index contributed by atoms with van der Waals surface area (Å²) in [7, 11) is 5.79. The average Bonchev–Trinajstić information content (AvgIpc) is 2.68. The predicted octanol–water partition coefficient (Wildman–Crippen LogP) is 1.25. The molecule has 1 aromatic carbocycles. The van der Waals surface area contributed by atoms with Gasteiger partial charge in [0.15, 0.2) is 5.69 Å². The van der Waals surface area contributed by atoms with Crippen LogP contribution in [0.4, 0.5) is 0 Å². The molecule has 100 valence electrons. The first-order chi connectivity index (χ1) is 9.00. The van der Waals surface area contributed by atoms with Gasteiger partial charge in [-0.05, 0) is 14.1 Å². The van der Waals surface area contributed by atoms with Gasteiger partial charge in [0.25, 0.3) is 5.91 Å². The molecule has 1 heterocycles. The maximum Gasteiger partial charge on any atom is 0.269 e. The Morgan fingerprint density at radius 1 is 1.32 bits per heavy atom. The molecule has 0 radical (unpaired) electrons. The Hall–Kier alpha value is -2.14. The van der Waals surface area contributed by atoms with E-state index in [1.807, 2.05) is 60.9 Å². The molecule has 5 heteroatoms. The summed E-state index contributed by atoms with van der Waals surface area (Å²) in [4.78, 5) is 17.9. The first kappa shape index (κ1) is 13.3. The summed E-state index contributed by atoms with van der Waals surface area (Å²) in [6, 6.07) is 9.76. The van der Waals surface area contributed by atoms with Gasteiger partial charge < -0.3 is 15.2 Å². The summed E-state index contributed by atoms with van der Waals surface area (Å²) in [6.07, 6.45) is 0. The lowest BCUT2D eigenvalue weighted by atomic mass is 10.2. The second-order valence-electron chi connectivity index (χ2n) is 4.76. The van der Waals surface area contributed by atoms with Crippen LogP contribution in [-0.4, -0.2) is 34.5 Å². The van der Waals surface area contributed by atoms with Gasteiger partial charge in [-0.3, -0.25) is 4.79 Å². The highest BCUT2D eigenvalue weighted by Crippen LogP contribution is 2.21. The summed E-state index contributed by atoms with van der Waals surface area (Å²) in [5.74, 6) is 0.265. The normalized spacial score (nSPS) is 10.9. The largest absolute Gasteiger partial charge is 0.364 e. The summed E-state index contributed by atoms with van der Waals surface area (Å²) in [5, 5.41) is 0. The quantitative estimate of drug-likeness (QED) is 0.897. The SMILES string of the molecule is CN(C)Cc1c(C(N)=O)nc(-c2ccccc2)n1C. The Labute approximate surface area is 112 Å². The number of carbonyl (C=O) groups excluding carboxylic acids is 1. The van der Waals surface area contributed by atoms with Crippen LogP contribution in [0, 0.1) is 0 Å². The van der Waals surface area contributed by atoms with Crippen molar-refractivity contribution in [1.29, 1.82) is 0 Å². The summed E-state index contributed by atoms with van der Waals surface area (Å²) < 4.78 is 1.93. The van der Waals surface area contributed by atoms with E-state index in [-0.39, 0.29) is 0 Å². The molecule has 19 heavy (non-hydrogen) atoms. The number of hydrogen-bond acceptors (Lipinski definition) is 3. The monoisotopic (exact) mass is 258 g/mol. The minimum absolute atomic E-state index is 0.343. The number of nitrogens with zero attached hydrogens (tertiary/aromatic N) is 3. The Kier molecular flexibility index (Phi) is 3.66. The van der Waals surface area contributed by atoms with Gasteiger partial charge in [-0.1, -0.05) is 30.3 Å². The maximum absolute atomic E-state index is 11.5. The van der Waals surface area contributed by atoms with Crippen molar-refractivity contribution in [2.24, 2.45) is 12.8 Å². The molecule has 1 amide bonds. The number of amides is 1. The molecule has 0 aliphatic rings. The Morgan fingerprint density at radius 3 is 2.47 bits per heavy atom. The lowest BCUT2D eigenvalue weighted by molar-refractivity contribution is 0.0994. The maximum atomic E-state index is 11.5. The van der Waals surface area contributed by atoms with Crippen LogP contribution in [-0.2, 0) is 13.6 Å². The smallest absolute Gasteiger partial charge is 0.269 e. The van der Waals surface area contributed by atoms with E-state index >= 15 is 0 Å². The highest BCUT2D eigenvalue weighted by atomic mass is 16.1. The van der Waals surface area contributed by atoms with Crippen molar-refractivity contribution in [3.63, 3.8) is 0 Å². The fourth-order valence-corrected chi connectivity index (χ4v) is 2.06. The average molecular weight is 258 g/mol. The van der Waals surface area contributed by atoms with Crippen LogP contribution < -0.4 is 5.73 Å². The molecule has 0 aliphatic heterocycles. The first-order valence-corrected chi connectivity index (χ1v) is 6.06. The summed E-state index contributed by atoms with van der Waals surface area (Å²) >= 11 is 0. The van der Waals surface area contributed by atoms with Crippen LogP contribution in [0.15, 0.2) is 30.3 Å². The van der Waals surface area contributed by atoms with Crippen LogP contribution in [0.3, 0.4) is 0 Å². The van der Waals surface area contributed by atoms with E-state index < -0.39 is 5.91 Å². The minimum atomic E-state index is -0.491. The fourth-order valence-electron chi connectivity index (χ4n) is 2.06. The number of hydrogen-bond donors (Lipinski definition) is 1. The van der Waals surface area contributed by atoms with Gasteiger partial charge in [0, 0.05) is 19.2 Å². The lowest BCUT2D eigenvalue weighted by Gasteiger charge is -2.12. The van der Waals surface area contributed by atoms with E-state index in [0.717, 1.165) is 17.1 Å². The number of carbonyl (C=O) groups is 1. The van der Waals surface area contributed by atoms with Gasteiger partial charge in [0.1, 0.15) is 5.82 Å². The highest BCUT2D eigenvalue weighted by molar-refractivity contribution is 5.92. The molecule has 0 bridgehead atoms. The van der Waals surface area contributed by atoms with Crippen molar-refractivity contribution in [3.05, 3.63) is 41.7 Å². The molecule has 5 nitrogen and oxygen atoms in total. The molecule has 0 atom stereocenters. The second kappa shape index (κ2) is 5.24. The van der Waals surface area contributed by atoms with Crippen LogP contribution in [0.25, 0.3) is 11.4 Å². The van der Waals surface area contributed by atoms with E-state index in [1.165, 1.54) is 0 Å². The first-order valence-electron chi connectivity index (χ1n) is 6.06. The van der Waals surface area contributed by atoms with Crippen molar-refractivity contribution < 1.29 is 4.79 Å². The standard InChI is InChI=1S/C14H18N4O/c1-17(2)9-11-12(13(15)19)16-14(18(11)3)10-7-5-4-6-8-10/h4-8H,9H2,1-3H3,(H2,15,19). The van der Waals surface area contributed by atoms with Gasteiger partial charge in [0.05, 0.1) is 5.69 Å². The number of nitrogens with two attached hydrogens (primary N) is 1. The van der Waals surface area contributed by atoms with Crippen molar-refractivity contribution in [2.75, 3.05) is 14.1 Å². The van der Waals surface area contributed by atoms with E-state index in [4.69, 9.17) is 5.73 Å². The number of primary amides is 1. The molecular weight excluding hydrogens is 240 g/mol. The van der Waals surface area contributed by atoms with Gasteiger partial charge in [-0.2, -0.15) is 0 Å². The van der Waals surface area contributed by atoms with E-state index in [9.17, 15) is 4.79 Å². The third-order valence-corrected chi connectivity index (χ3v) is 2.95. The number of rotatable bonds is 4. The molecule has 0 fully saturated rings. The van der Waals surface area contributed by atoms with Gasteiger partial charge in [-0.15, -0.1) is 0 Å². The van der Waals surface area contributed by atoms with Crippen molar-refractivity contribution in [1.82, 2.24) is 14.5 Å². The van der Waals surface area contributed by atoms with Crippen molar-refractivity contribution in [3.8, 4) is 11.4 Å².